The molecule has 1 saturated heterocycles. The van der Waals surface area contributed by atoms with E-state index in [9.17, 15) is 8.78 Å². The van der Waals surface area contributed by atoms with Crippen LogP contribution in [0, 0.1) is 0 Å². The van der Waals surface area contributed by atoms with Crippen LogP contribution in [0.5, 0.6) is 0 Å². The van der Waals surface area contributed by atoms with Gasteiger partial charge in [-0.1, -0.05) is 35.0 Å². The number of benzene rings is 2. The average Bonchev–Trinajstić information content (AvgIpc) is 3.21. The molecule has 0 aliphatic carbocycles. The van der Waals surface area contributed by atoms with E-state index in [0.717, 1.165) is 25.3 Å². The molecule has 1 fully saturated rings. The van der Waals surface area contributed by atoms with Crippen molar-refractivity contribution in [3.8, 4) is 0 Å². The molecule has 0 radical (unpaired) electrons. The van der Waals surface area contributed by atoms with Crippen LogP contribution in [0.25, 0.3) is 10.9 Å². The van der Waals surface area contributed by atoms with E-state index in [-0.39, 0.29) is 28.9 Å². The molecule has 2 aliphatic heterocycles. The molecule has 1 aromatic heterocycles. The van der Waals surface area contributed by atoms with Crippen LogP contribution in [0.3, 0.4) is 0 Å². The van der Waals surface area contributed by atoms with Crippen molar-refractivity contribution in [2.45, 2.75) is 36.7 Å². The molecule has 3 heterocycles. The SMILES string of the molecule is N[C@H]1CCN(c2nc(N3CCS(=NCCCO)c4ccccc4C3)nc3ccc(C(F)F)cc23)C1. The fourth-order valence-corrected chi connectivity index (χ4v) is 6.52. The zero-order valence-corrected chi connectivity index (χ0v) is 20.3. The summed E-state index contributed by atoms with van der Waals surface area (Å²) in [4.78, 5) is 15.2. The molecule has 0 spiro atoms. The third-order valence-corrected chi connectivity index (χ3v) is 8.42. The van der Waals surface area contributed by atoms with Gasteiger partial charge in [-0.15, -0.1) is 0 Å². The Morgan fingerprint density at radius 2 is 2.00 bits per heavy atom. The lowest BCUT2D eigenvalue weighted by Crippen LogP contribution is -2.30. The van der Waals surface area contributed by atoms with Crippen LogP contribution in [0.2, 0.25) is 0 Å². The van der Waals surface area contributed by atoms with E-state index in [1.54, 1.807) is 6.07 Å². The fourth-order valence-electron chi connectivity index (χ4n) is 4.62. The molecule has 3 aromatic rings. The monoisotopic (exact) mass is 500 g/mol. The van der Waals surface area contributed by atoms with Gasteiger partial charge in [0.05, 0.1) is 5.52 Å². The van der Waals surface area contributed by atoms with Crippen LogP contribution in [0.4, 0.5) is 20.5 Å². The summed E-state index contributed by atoms with van der Waals surface area (Å²) in [6, 6.07) is 13.0. The predicted molar refractivity (Wildman–Crippen MR) is 136 cm³/mol. The normalized spacial score (nSPS) is 20.6. The van der Waals surface area contributed by atoms with Crippen molar-refractivity contribution in [1.82, 2.24) is 9.97 Å². The van der Waals surface area contributed by atoms with Crippen molar-refractivity contribution in [3.63, 3.8) is 0 Å². The van der Waals surface area contributed by atoms with Gasteiger partial charge in [0.15, 0.2) is 0 Å². The van der Waals surface area contributed by atoms with Crippen molar-refractivity contribution in [3.05, 3.63) is 53.6 Å². The largest absolute Gasteiger partial charge is 0.396 e. The van der Waals surface area contributed by atoms with E-state index < -0.39 is 6.43 Å². The van der Waals surface area contributed by atoms with Crippen LogP contribution in [-0.4, -0.2) is 59.7 Å². The molecule has 2 atom stereocenters. The second-order valence-electron chi connectivity index (χ2n) is 8.95. The van der Waals surface area contributed by atoms with Crippen molar-refractivity contribution < 1.29 is 13.9 Å². The molecule has 186 valence electrons. The van der Waals surface area contributed by atoms with E-state index in [2.05, 4.69) is 21.9 Å². The molecule has 0 bridgehead atoms. The Balaban J connectivity index is 1.55. The number of alkyl halides is 2. The Hall–Kier alpha value is -2.69. The Bertz CT molecular complexity index is 1240. The molecule has 2 aliphatic rings. The van der Waals surface area contributed by atoms with Gasteiger partial charge in [-0.25, -0.2) is 13.8 Å². The van der Waals surface area contributed by atoms with Gasteiger partial charge in [0.1, 0.15) is 5.82 Å². The molecule has 1 unspecified atom stereocenters. The topological polar surface area (TPSA) is 90.9 Å². The van der Waals surface area contributed by atoms with Gasteiger partial charge in [0.2, 0.25) is 5.95 Å². The quantitative estimate of drug-likeness (QED) is 0.502. The second kappa shape index (κ2) is 10.5. The van der Waals surface area contributed by atoms with Crippen LogP contribution < -0.4 is 15.5 Å². The summed E-state index contributed by atoms with van der Waals surface area (Å²) < 4.78 is 31.8. The highest BCUT2D eigenvalue weighted by Crippen LogP contribution is 2.33. The second-order valence-corrected chi connectivity index (χ2v) is 10.8. The summed E-state index contributed by atoms with van der Waals surface area (Å²) in [7, 11) is -0.274. The van der Waals surface area contributed by atoms with Crippen LogP contribution in [0.1, 0.15) is 30.4 Å². The zero-order chi connectivity index (χ0) is 24.4. The summed E-state index contributed by atoms with van der Waals surface area (Å²) in [6.45, 7) is 3.51. The Labute approximate surface area is 206 Å². The van der Waals surface area contributed by atoms with Crippen molar-refractivity contribution in [2.75, 3.05) is 48.3 Å². The maximum absolute atomic E-state index is 13.5. The van der Waals surface area contributed by atoms with Gasteiger partial charge in [-0.05, 0) is 36.6 Å². The van der Waals surface area contributed by atoms with Gasteiger partial charge in [-0.2, -0.15) is 4.98 Å². The highest BCUT2D eigenvalue weighted by Gasteiger charge is 2.26. The first-order valence-corrected chi connectivity index (χ1v) is 13.3. The van der Waals surface area contributed by atoms with E-state index in [1.807, 2.05) is 12.1 Å². The van der Waals surface area contributed by atoms with Crippen molar-refractivity contribution in [2.24, 2.45) is 10.1 Å². The minimum absolute atomic E-state index is 0.0316. The van der Waals surface area contributed by atoms with Gasteiger partial charge in [-0.3, -0.25) is 4.36 Å². The average molecular weight is 501 g/mol. The number of hydrogen-bond donors (Lipinski definition) is 2. The molecule has 3 N–H and O–H groups in total. The maximum Gasteiger partial charge on any atom is 0.263 e. The summed E-state index contributed by atoms with van der Waals surface area (Å²) in [5.41, 5.74) is 7.97. The molecule has 35 heavy (non-hydrogen) atoms. The van der Waals surface area contributed by atoms with Crippen LogP contribution in [-0.2, 0) is 17.2 Å². The summed E-state index contributed by atoms with van der Waals surface area (Å²) in [5.74, 6) is 2.09. The Morgan fingerprint density at radius 1 is 1.14 bits per heavy atom. The van der Waals surface area contributed by atoms with E-state index in [4.69, 9.17) is 25.2 Å². The number of rotatable bonds is 6. The minimum atomic E-state index is -2.55. The van der Waals surface area contributed by atoms with Gasteiger partial charge < -0.3 is 20.6 Å². The predicted octanol–water partition coefficient (Wildman–Crippen LogP) is 3.67. The lowest BCUT2D eigenvalue weighted by molar-refractivity contribution is 0.151. The van der Waals surface area contributed by atoms with E-state index in [0.29, 0.717) is 48.7 Å². The lowest BCUT2D eigenvalue weighted by Gasteiger charge is -2.25. The zero-order valence-electron chi connectivity index (χ0n) is 19.5. The maximum atomic E-state index is 13.5. The molecular weight excluding hydrogens is 470 g/mol. The Morgan fingerprint density at radius 3 is 2.77 bits per heavy atom. The fraction of sp³-hybridized carbons (Fsp3) is 0.440. The smallest absolute Gasteiger partial charge is 0.263 e. The molecule has 10 heteroatoms. The minimum Gasteiger partial charge on any atom is -0.396 e. The third-order valence-electron chi connectivity index (χ3n) is 6.45. The number of hydrogen-bond acceptors (Lipinski definition) is 7. The number of nitrogens with zero attached hydrogens (tertiary/aromatic N) is 5. The summed E-state index contributed by atoms with van der Waals surface area (Å²) in [6.07, 6.45) is -1.06. The van der Waals surface area contributed by atoms with E-state index >= 15 is 0 Å². The lowest BCUT2D eigenvalue weighted by atomic mass is 10.1. The van der Waals surface area contributed by atoms with Gasteiger partial charge in [0.25, 0.3) is 6.43 Å². The number of aliphatic hydroxyl groups excluding tert-OH is 1. The first-order chi connectivity index (χ1) is 17.0. The highest BCUT2D eigenvalue weighted by atomic mass is 32.2. The summed E-state index contributed by atoms with van der Waals surface area (Å²) >= 11 is 0. The standard InChI is InChI=1S/C25H30F2N6OS/c26-23(27)17-6-7-21-20(14-17)24(32-10-8-19(28)16-32)31-25(30-21)33-11-13-35(29-9-3-12-34)22-5-2-1-4-18(22)15-33/h1-2,4-7,14,19,23,34H,3,8-13,15-16,28H2/t19-,35?/m0/s1. The van der Waals surface area contributed by atoms with Crippen LogP contribution in [0.15, 0.2) is 51.7 Å². The Kier molecular flexibility index (Phi) is 7.22. The molecule has 0 saturated carbocycles. The van der Waals surface area contributed by atoms with Crippen molar-refractivity contribution in [1.29, 1.82) is 0 Å². The molecule has 2 aromatic carbocycles. The number of aliphatic hydroxyl groups is 1. The molecule has 0 amide bonds. The molecule has 5 rings (SSSR count). The van der Waals surface area contributed by atoms with Crippen molar-refractivity contribution >= 4 is 33.4 Å². The third kappa shape index (κ3) is 5.14. The first kappa shape index (κ1) is 24.0. The number of aromatic nitrogens is 2. The first-order valence-electron chi connectivity index (χ1n) is 12.0. The number of nitrogens with two attached hydrogens (primary N) is 1. The molecular formula is C25H30F2N6OS. The number of anilines is 2. The van der Waals surface area contributed by atoms with Crippen LogP contribution >= 0.6 is 0 Å². The van der Waals surface area contributed by atoms with Gasteiger partial charge in [0, 0.05) is 67.0 Å². The number of fused-ring (bicyclic) bond motifs is 2. The molecule has 7 nitrogen and oxygen atoms in total. The summed E-state index contributed by atoms with van der Waals surface area (Å²) in [5, 5.41) is 9.80. The van der Waals surface area contributed by atoms with E-state index in [1.165, 1.54) is 22.6 Å². The highest BCUT2D eigenvalue weighted by molar-refractivity contribution is 7.87. The van der Waals surface area contributed by atoms with Gasteiger partial charge >= 0.3 is 0 Å². The number of halogens is 2.